The second kappa shape index (κ2) is 9.67. The van der Waals surface area contributed by atoms with Crippen molar-refractivity contribution in [1.29, 1.82) is 0 Å². The highest BCUT2D eigenvalue weighted by atomic mass is 32.2. The Morgan fingerprint density at radius 1 is 1.11 bits per heavy atom. The maximum absolute atomic E-state index is 11.8. The van der Waals surface area contributed by atoms with E-state index in [9.17, 15) is 8.42 Å². The number of rotatable bonds is 9. The van der Waals surface area contributed by atoms with Crippen LogP contribution in [0.5, 0.6) is 5.75 Å². The highest BCUT2D eigenvalue weighted by Crippen LogP contribution is 2.43. The summed E-state index contributed by atoms with van der Waals surface area (Å²) in [5.41, 5.74) is 10.1. The summed E-state index contributed by atoms with van der Waals surface area (Å²) in [5, 5.41) is 0.822. The lowest BCUT2D eigenvalue weighted by Crippen LogP contribution is -2.37. The summed E-state index contributed by atoms with van der Waals surface area (Å²) in [4.78, 5) is 8.78. The van der Waals surface area contributed by atoms with Gasteiger partial charge in [0.25, 0.3) is 0 Å². The molecule has 0 amide bonds. The van der Waals surface area contributed by atoms with Crippen LogP contribution in [0.4, 0.5) is 5.82 Å². The minimum atomic E-state index is -3.18. The first-order valence-electron chi connectivity index (χ1n) is 11.8. The first-order valence-corrected chi connectivity index (χ1v) is 13.4. The van der Waals surface area contributed by atoms with Gasteiger partial charge in [-0.2, -0.15) is 0 Å². The van der Waals surface area contributed by atoms with Gasteiger partial charge in [-0.05, 0) is 48.9 Å². The zero-order valence-corrected chi connectivity index (χ0v) is 20.4. The van der Waals surface area contributed by atoms with E-state index in [4.69, 9.17) is 10.5 Å². The maximum atomic E-state index is 11.8. The summed E-state index contributed by atoms with van der Waals surface area (Å²) < 4.78 is 34.4. The summed E-state index contributed by atoms with van der Waals surface area (Å²) in [5.74, 6) is 1.61. The van der Waals surface area contributed by atoms with E-state index < -0.39 is 10.0 Å². The Labute approximate surface area is 205 Å². The molecule has 2 aromatic heterocycles. The largest absolute Gasteiger partial charge is 0.489 e. The average molecular weight is 492 g/mol. The van der Waals surface area contributed by atoms with Crippen molar-refractivity contribution in [3.8, 4) is 16.9 Å². The number of hydrogen-bond acceptors (Lipinski definition) is 6. The molecule has 35 heavy (non-hydrogen) atoms. The third-order valence-electron chi connectivity index (χ3n) is 6.61. The molecule has 0 bridgehead atoms. The third kappa shape index (κ3) is 5.01. The highest BCUT2D eigenvalue weighted by molar-refractivity contribution is 7.89. The molecule has 1 saturated carbocycles. The Morgan fingerprint density at radius 3 is 2.69 bits per heavy atom. The monoisotopic (exact) mass is 491 g/mol. The number of fused-ring (bicyclic) bond motifs is 1. The molecular weight excluding hydrogens is 462 g/mol. The van der Waals surface area contributed by atoms with Crippen molar-refractivity contribution in [2.24, 2.45) is 5.92 Å². The van der Waals surface area contributed by atoms with Crippen LogP contribution in [0.25, 0.3) is 22.2 Å². The van der Waals surface area contributed by atoms with E-state index in [-0.39, 0.29) is 11.8 Å². The summed E-state index contributed by atoms with van der Waals surface area (Å²) in [6, 6.07) is 18.2. The summed E-state index contributed by atoms with van der Waals surface area (Å²) in [6.07, 6.45) is 5.32. The predicted octanol–water partition coefficient (Wildman–Crippen LogP) is 4.15. The molecule has 182 valence electrons. The standard InChI is InChI=1S/C26H29N5O3S/c1-2-35(32,33)30-14-19-11-21(12-19)31-15-23(24-25(27)28-17-29-26(24)31)20-9-6-10-22(13-20)34-16-18-7-4-3-5-8-18/h3-10,13,15,17,19,21,30H,2,11-12,14,16H2,1H3,(H2,27,28,29). The topological polar surface area (TPSA) is 112 Å². The van der Waals surface area contributed by atoms with E-state index in [1.165, 1.54) is 6.33 Å². The molecule has 8 nitrogen and oxygen atoms in total. The average Bonchev–Trinajstić information content (AvgIpc) is 3.23. The molecule has 2 aromatic carbocycles. The van der Waals surface area contributed by atoms with Gasteiger partial charge in [0.2, 0.25) is 10.0 Å². The van der Waals surface area contributed by atoms with Crippen LogP contribution in [-0.4, -0.2) is 35.3 Å². The number of nitrogens with zero attached hydrogens (tertiary/aromatic N) is 3. The van der Waals surface area contributed by atoms with Gasteiger partial charge in [0, 0.05) is 24.3 Å². The minimum Gasteiger partial charge on any atom is -0.489 e. The normalized spacial score (nSPS) is 17.9. The number of aromatic nitrogens is 3. The lowest BCUT2D eigenvalue weighted by Gasteiger charge is -2.36. The molecule has 0 atom stereocenters. The Kier molecular flexibility index (Phi) is 6.44. The lowest BCUT2D eigenvalue weighted by atomic mass is 9.80. The van der Waals surface area contributed by atoms with Gasteiger partial charge in [0.15, 0.2) is 0 Å². The Hall–Kier alpha value is -3.43. The molecule has 1 fully saturated rings. The Morgan fingerprint density at radius 2 is 1.91 bits per heavy atom. The number of nitrogen functional groups attached to an aromatic ring is 1. The Bertz CT molecular complexity index is 1430. The number of benzene rings is 2. The van der Waals surface area contributed by atoms with Crippen LogP contribution >= 0.6 is 0 Å². The minimum absolute atomic E-state index is 0.0963. The van der Waals surface area contributed by atoms with Gasteiger partial charge in [-0.1, -0.05) is 42.5 Å². The van der Waals surface area contributed by atoms with Crippen molar-refractivity contribution >= 4 is 26.9 Å². The molecule has 5 rings (SSSR count). The molecule has 2 heterocycles. The van der Waals surface area contributed by atoms with Gasteiger partial charge in [0.05, 0.1) is 11.1 Å². The third-order valence-corrected chi connectivity index (χ3v) is 7.97. The van der Waals surface area contributed by atoms with Crippen LogP contribution in [0.2, 0.25) is 0 Å². The van der Waals surface area contributed by atoms with Crippen molar-refractivity contribution in [2.75, 3.05) is 18.0 Å². The predicted molar refractivity (Wildman–Crippen MR) is 137 cm³/mol. The second-order valence-electron chi connectivity index (χ2n) is 8.95. The van der Waals surface area contributed by atoms with Gasteiger partial charge in [-0.3, -0.25) is 0 Å². The molecule has 1 aliphatic rings. The maximum Gasteiger partial charge on any atom is 0.211 e. The van der Waals surface area contributed by atoms with E-state index in [2.05, 4.69) is 25.5 Å². The fraction of sp³-hybridized carbons (Fsp3) is 0.308. The molecule has 0 unspecified atom stereocenters. The summed E-state index contributed by atoms with van der Waals surface area (Å²) >= 11 is 0. The fourth-order valence-electron chi connectivity index (χ4n) is 4.54. The van der Waals surface area contributed by atoms with Crippen LogP contribution in [0.1, 0.15) is 31.4 Å². The SMILES string of the molecule is CCS(=O)(=O)NCC1CC(n2cc(-c3cccc(OCc4ccccc4)c3)c3c(N)ncnc32)C1. The molecule has 3 N–H and O–H groups in total. The van der Waals surface area contributed by atoms with Gasteiger partial charge in [-0.15, -0.1) is 0 Å². The molecule has 4 aromatic rings. The molecule has 0 spiro atoms. The van der Waals surface area contributed by atoms with Crippen LogP contribution in [0, 0.1) is 5.92 Å². The molecule has 0 saturated heterocycles. The van der Waals surface area contributed by atoms with Crippen molar-refractivity contribution in [3.63, 3.8) is 0 Å². The molecular formula is C26H29N5O3S. The van der Waals surface area contributed by atoms with E-state index >= 15 is 0 Å². The van der Waals surface area contributed by atoms with Crippen LogP contribution in [-0.2, 0) is 16.6 Å². The summed E-state index contributed by atoms with van der Waals surface area (Å²) in [7, 11) is -3.18. The number of nitrogens with one attached hydrogen (secondary N) is 1. The number of anilines is 1. The second-order valence-corrected chi connectivity index (χ2v) is 11.0. The van der Waals surface area contributed by atoms with E-state index in [0.29, 0.717) is 24.9 Å². The van der Waals surface area contributed by atoms with Gasteiger partial charge in [-0.25, -0.2) is 23.1 Å². The van der Waals surface area contributed by atoms with Crippen molar-refractivity contribution in [2.45, 2.75) is 32.4 Å². The summed E-state index contributed by atoms with van der Waals surface area (Å²) in [6.45, 7) is 2.60. The van der Waals surface area contributed by atoms with E-state index in [1.54, 1.807) is 6.92 Å². The van der Waals surface area contributed by atoms with Crippen molar-refractivity contribution in [3.05, 3.63) is 72.7 Å². The fourth-order valence-corrected chi connectivity index (χ4v) is 5.23. The van der Waals surface area contributed by atoms with E-state index in [1.807, 2.05) is 54.6 Å². The van der Waals surface area contributed by atoms with Crippen LogP contribution in [0.3, 0.4) is 0 Å². The van der Waals surface area contributed by atoms with Crippen LogP contribution < -0.4 is 15.2 Å². The van der Waals surface area contributed by atoms with Crippen molar-refractivity contribution < 1.29 is 13.2 Å². The van der Waals surface area contributed by atoms with Crippen LogP contribution in [0.15, 0.2) is 67.1 Å². The number of ether oxygens (including phenoxy) is 1. The number of nitrogens with two attached hydrogens (primary N) is 1. The zero-order valence-electron chi connectivity index (χ0n) is 19.6. The first kappa shape index (κ1) is 23.3. The van der Waals surface area contributed by atoms with Gasteiger partial charge >= 0.3 is 0 Å². The first-order chi connectivity index (χ1) is 16.9. The van der Waals surface area contributed by atoms with E-state index in [0.717, 1.165) is 46.3 Å². The molecule has 1 aliphatic carbocycles. The number of sulfonamides is 1. The lowest BCUT2D eigenvalue weighted by molar-refractivity contribution is 0.204. The van der Waals surface area contributed by atoms with Gasteiger partial charge < -0.3 is 15.0 Å². The van der Waals surface area contributed by atoms with Crippen molar-refractivity contribution in [1.82, 2.24) is 19.3 Å². The molecule has 9 heteroatoms. The highest BCUT2D eigenvalue weighted by Gasteiger charge is 2.33. The quantitative estimate of drug-likeness (QED) is 0.364. The Balaban J connectivity index is 1.38. The number of hydrogen-bond donors (Lipinski definition) is 2. The molecule has 0 radical (unpaired) electrons. The zero-order chi connectivity index (χ0) is 24.4. The smallest absolute Gasteiger partial charge is 0.211 e. The molecule has 0 aliphatic heterocycles. The van der Waals surface area contributed by atoms with Gasteiger partial charge in [0.1, 0.15) is 30.1 Å².